The second-order valence-electron chi connectivity index (χ2n) is 4.82. The Kier molecular flexibility index (Phi) is 5.85. The van der Waals surface area contributed by atoms with Gasteiger partial charge >= 0.3 is 0 Å². The molecule has 0 unspecified atom stereocenters. The Morgan fingerprint density at radius 2 is 1.80 bits per heavy atom. The molecule has 0 aliphatic heterocycles. The molecule has 0 bridgehead atoms. The number of nitrogens with one attached hydrogen (secondary N) is 1. The highest BCUT2D eigenvalue weighted by Crippen LogP contribution is 2.19. The summed E-state index contributed by atoms with van der Waals surface area (Å²) in [6.45, 7) is 8.96. The molecule has 0 aromatic rings. The van der Waals surface area contributed by atoms with E-state index >= 15 is 0 Å². The lowest BCUT2D eigenvalue weighted by molar-refractivity contribution is 0.148. The second-order valence-corrected chi connectivity index (χ2v) is 4.82. The largest absolute Gasteiger partial charge is 0.394 e. The summed E-state index contributed by atoms with van der Waals surface area (Å²) in [5.74, 6) is 0. The standard InChI is InChI=1S/C12H24N2O/c1-5-12(6-2,10-15)14-8-7-11(3,4)9-13/h14-15H,5-8,10H2,1-4H3. The van der Waals surface area contributed by atoms with Crippen LogP contribution in [0.15, 0.2) is 0 Å². The van der Waals surface area contributed by atoms with Gasteiger partial charge in [0.15, 0.2) is 0 Å². The van der Waals surface area contributed by atoms with Gasteiger partial charge in [0, 0.05) is 5.54 Å². The second kappa shape index (κ2) is 6.09. The molecule has 0 amide bonds. The molecule has 0 atom stereocenters. The van der Waals surface area contributed by atoms with E-state index in [-0.39, 0.29) is 17.6 Å². The summed E-state index contributed by atoms with van der Waals surface area (Å²) in [6, 6.07) is 2.28. The first-order chi connectivity index (χ1) is 6.95. The lowest BCUT2D eigenvalue weighted by atomic mass is 9.89. The molecule has 0 aliphatic rings. The van der Waals surface area contributed by atoms with E-state index in [2.05, 4.69) is 25.2 Å². The highest BCUT2D eigenvalue weighted by Gasteiger charge is 2.25. The summed E-state index contributed by atoms with van der Waals surface area (Å²) < 4.78 is 0. The first-order valence-electron chi connectivity index (χ1n) is 5.72. The van der Waals surface area contributed by atoms with Crippen LogP contribution in [0.4, 0.5) is 0 Å². The van der Waals surface area contributed by atoms with Crippen LogP contribution >= 0.6 is 0 Å². The maximum absolute atomic E-state index is 9.34. The predicted molar refractivity (Wildman–Crippen MR) is 62.4 cm³/mol. The number of hydrogen-bond acceptors (Lipinski definition) is 3. The molecule has 0 spiro atoms. The molecule has 15 heavy (non-hydrogen) atoms. The van der Waals surface area contributed by atoms with Gasteiger partial charge in [-0.05, 0) is 39.7 Å². The van der Waals surface area contributed by atoms with Crippen molar-refractivity contribution in [3.63, 3.8) is 0 Å². The Morgan fingerprint density at radius 3 is 2.13 bits per heavy atom. The first-order valence-corrected chi connectivity index (χ1v) is 5.72. The Balaban J connectivity index is 4.09. The molecule has 3 nitrogen and oxygen atoms in total. The van der Waals surface area contributed by atoms with Crippen LogP contribution in [0.3, 0.4) is 0 Å². The Bertz CT molecular complexity index is 206. The molecule has 0 aromatic carbocycles. The lowest BCUT2D eigenvalue weighted by Gasteiger charge is -2.32. The van der Waals surface area contributed by atoms with Gasteiger partial charge in [-0.25, -0.2) is 0 Å². The van der Waals surface area contributed by atoms with E-state index in [0.29, 0.717) is 0 Å². The summed E-state index contributed by atoms with van der Waals surface area (Å²) in [5.41, 5.74) is -0.443. The van der Waals surface area contributed by atoms with Gasteiger partial charge in [0.2, 0.25) is 0 Å². The van der Waals surface area contributed by atoms with Crippen molar-refractivity contribution >= 4 is 0 Å². The number of nitriles is 1. The zero-order chi connectivity index (χ0) is 11.9. The molecule has 0 saturated carbocycles. The smallest absolute Gasteiger partial charge is 0.0684 e. The third-order valence-electron chi connectivity index (χ3n) is 3.21. The highest BCUT2D eigenvalue weighted by molar-refractivity contribution is 4.93. The zero-order valence-corrected chi connectivity index (χ0v) is 10.4. The minimum absolute atomic E-state index is 0.160. The minimum atomic E-state index is -0.282. The van der Waals surface area contributed by atoms with Crippen LogP contribution in [0.1, 0.15) is 47.0 Å². The van der Waals surface area contributed by atoms with Crippen molar-refractivity contribution in [1.29, 1.82) is 5.26 Å². The van der Waals surface area contributed by atoms with Crippen LogP contribution in [0.2, 0.25) is 0 Å². The minimum Gasteiger partial charge on any atom is -0.394 e. The summed E-state index contributed by atoms with van der Waals surface area (Å²) in [6.07, 6.45) is 2.63. The molecule has 0 aromatic heterocycles. The van der Waals surface area contributed by atoms with Gasteiger partial charge < -0.3 is 10.4 Å². The Hall–Kier alpha value is -0.590. The maximum Gasteiger partial charge on any atom is 0.0684 e. The van der Waals surface area contributed by atoms with Crippen LogP contribution in [-0.4, -0.2) is 23.8 Å². The molecule has 0 radical (unpaired) electrons. The van der Waals surface area contributed by atoms with Gasteiger partial charge in [-0.3, -0.25) is 0 Å². The molecule has 0 aliphatic carbocycles. The van der Waals surface area contributed by atoms with Crippen molar-refractivity contribution in [2.45, 2.75) is 52.5 Å². The summed E-state index contributed by atoms with van der Waals surface area (Å²) in [5, 5.41) is 21.6. The normalized spacial score (nSPS) is 12.5. The van der Waals surface area contributed by atoms with E-state index < -0.39 is 0 Å². The van der Waals surface area contributed by atoms with E-state index in [1.807, 2.05) is 13.8 Å². The molecule has 88 valence electrons. The first kappa shape index (κ1) is 14.4. The van der Waals surface area contributed by atoms with E-state index in [4.69, 9.17) is 5.26 Å². The number of rotatable bonds is 7. The fourth-order valence-electron chi connectivity index (χ4n) is 1.48. The number of hydrogen-bond donors (Lipinski definition) is 2. The molecule has 0 fully saturated rings. The van der Waals surface area contributed by atoms with Crippen LogP contribution in [-0.2, 0) is 0 Å². The van der Waals surface area contributed by atoms with Crippen molar-refractivity contribution in [2.24, 2.45) is 5.41 Å². The van der Waals surface area contributed by atoms with Crippen molar-refractivity contribution in [2.75, 3.05) is 13.2 Å². The van der Waals surface area contributed by atoms with Crippen LogP contribution in [0, 0.1) is 16.7 Å². The Morgan fingerprint density at radius 1 is 1.27 bits per heavy atom. The molecular weight excluding hydrogens is 188 g/mol. The van der Waals surface area contributed by atoms with Gasteiger partial charge in [-0.1, -0.05) is 13.8 Å². The van der Waals surface area contributed by atoms with Crippen molar-refractivity contribution in [3.8, 4) is 6.07 Å². The molecule has 3 heteroatoms. The molecule has 0 saturated heterocycles. The van der Waals surface area contributed by atoms with E-state index in [1.165, 1.54) is 0 Å². The average molecular weight is 212 g/mol. The van der Waals surface area contributed by atoms with Gasteiger partial charge in [0.1, 0.15) is 0 Å². The summed E-state index contributed by atoms with van der Waals surface area (Å²) in [4.78, 5) is 0. The quantitative estimate of drug-likeness (QED) is 0.679. The predicted octanol–water partition coefficient (Wildman–Crippen LogP) is 2.07. The van der Waals surface area contributed by atoms with E-state index in [1.54, 1.807) is 0 Å². The summed E-state index contributed by atoms with van der Waals surface area (Å²) >= 11 is 0. The highest BCUT2D eigenvalue weighted by atomic mass is 16.3. The maximum atomic E-state index is 9.34. The van der Waals surface area contributed by atoms with Crippen LogP contribution in [0.25, 0.3) is 0 Å². The number of aliphatic hydroxyl groups is 1. The monoisotopic (exact) mass is 212 g/mol. The zero-order valence-electron chi connectivity index (χ0n) is 10.4. The van der Waals surface area contributed by atoms with Gasteiger partial charge in [0.25, 0.3) is 0 Å². The van der Waals surface area contributed by atoms with Crippen molar-refractivity contribution < 1.29 is 5.11 Å². The fraction of sp³-hybridized carbons (Fsp3) is 0.917. The van der Waals surface area contributed by atoms with Crippen LogP contribution < -0.4 is 5.32 Å². The third-order valence-corrected chi connectivity index (χ3v) is 3.21. The number of aliphatic hydroxyl groups excluding tert-OH is 1. The van der Waals surface area contributed by atoms with Crippen molar-refractivity contribution in [3.05, 3.63) is 0 Å². The molecule has 0 rings (SSSR count). The number of nitrogens with zero attached hydrogens (tertiary/aromatic N) is 1. The molecule has 0 heterocycles. The SMILES string of the molecule is CCC(CC)(CO)NCCC(C)(C)C#N. The van der Waals surface area contributed by atoms with Crippen molar-refractivity contribution in [1.82, 2.24) is 5.32 Å². The van der Waals surface area contributed by atoms with E-state index in [0.717, 1.165) is 25.8 Å². The topological polar surface area (TPSA) is 56.0 Å². The van der Waals surface area contributed by atoms with E-state index in [9.17, 15) is 5.11 Å². The van der Waals surface area contributed by atoms with Gasteiger partial charge in [-0.2, -0.15) is 5.26 Å². The van der Waals surface area contributed by atoms with Gasteiger partial charge in [0.05, 0.1) is 18.1 Å². The Labute approximate surface area is 93.5 Å². The average Bonchev–Trinajstić information content (AvgIpc) is 2.25. The lowest BCUT2D eigenvalue weighted by Crippen LogP contribution is -2.48. The molecule has 2 N–H and O–H groups in total. The third kappa shape index (κ3) is 4.63. The van der Waals surface area contributed by atoms with Crippen LogP contribution in [0.5, 0.6) is 0 Å². The molecular formula is C12H24N2O. The summed E-state index contributed by atoms with van der Waals surface area (Å²) in [7, 11) is 0. The fourth-order valence-corrected chi connectivity index (χ4v) is 1.48. The van der Waals surface area contributed by atoms with Gasteiger partial charge in [-0.15, -0.1) is 0 Å².